The number of carbonyl (C=O) groups is 11. The molecule has 0 saturated heterocycles. The van der Waals surface area contributed by atoms with Crippen LogP contribution in [0.1, 0.15) is 82.4 Å². The molecule has 1 saturated carbocycles. The van der Waals surface area contributed by atoms with E-state index in [9.17, 15) is 57.5 Å². The quantitative estimate of drug-likeness (QED) is 0.0216. The number of alkyl carbamates (subject to hydrolysis) is 1. The maximum Gasteiger partial charge on any atom is 0.414 e. The van der Waals surface area contributed by atoms with Crippen molar-refractivity contribution in [1.29, 1.82) is 0 Å². The van der Waals surface area contributed by atoms with Gasteiger partial charge >= 0.3 is 36.3 Å². The predicted octanol–water partition coefficient (Wildman–Crippen LogP) is 4.49. The van der Waals surface area contributed by atoms with Crippen LogP contribution in [0.4, 0.5) is 36.8 Å². The minimum absolute atomic E-state index is 0.0244. The molecule has 6 heterocycles. The van der Waals surface area contributed by atoms with Crippen LogP contribution >= 0.6 is 0 Å². The molecule has 0 radical (unpaired) electrons. The second-order valence-corrected chi connectivity index (χ2v) is 26.4. The smallest absolute Gasteiger partial charge is 0.414 e. The van der Waals surface area contributed by atoms with Gasteiger partial charge in [-0.1, -0.05) is 97.4 Å². The van der Waals surface area contributed by atoms with E-state index in [2.05, 4.69) is 76.8 Å². The standard InChI is InChI=1S/C72H83N21O18/c1-72(2,3)111-68(102)74-28-30-88(53(96)34-91-43-79-58-61(75-41-77-63(58)91)83-69(103)107-38-46-17-9-5-10-18-46)32-51(94)73-27-29-89(54(97)35-92-44-80-59-62(76-42-78-64(59)92)84-70(104)108-39-47-19-11-6-12-20-47)33-52(95)82-49(25-26-56(99)110-50-23-15-8-16-24-50)31-90(37-57(100)106-4)55(98)36-93-45-81-60-65(93)85-67(86-66(60)101)87-71(105)109-40-48-21-13-7-14-22-48/h5-7,9-14,17-22,41-45,49-50H,8,15-16,23-40H2,1-4H3,(H,73,94)(H,74,102)(H,82,95)(H,75,77,83,103)(H,76,78,84,104)(H2,85,86,87,101,105)/t49-/m0/s1. The summed E-state index contributed by atoms with van der Waals surface area (Å²) in [5.74, 6) is -5.83. The van der Waals surface area contributed by atoms with E-state index in [0.717, 1.165) is 65.6 Å². The number of rotatable bonds is 34. The van der Waals surface area contributed by atoms with E-state index in [4.69, 9.17) is 28.4 Å². The number of benzene rings is 3. The molecule has 10 rings (SSSR count). The van der Waals surface area contributed by atoms with E-state index in [1.807, 2.05) is 12.1 Å². The SMILES string of the molecule is COC(=O)CN(C[C@H](CCC(=O)OC1CCCCC1)NC(=O)CN(CCNC(=O)CN(CCNC(=O)OC(C)(C)C)C(=O)Cn1cnc2c(NC(=O)OCc3ccccc3)ncnc21)C(=O)Cn1cnc2c(NC(=O)OCc3ccccc3)ncnc21)C(=O)Cn1cnc2c(=O)[nH]c(NC(=O)OCc3ccccc3)nc21. The third-order valence-corrected chi connectivity index (χ3v) is 16.9. The van der Waals surface area contributed by atoms with Crippen LogP contribution in [0.2, 0.25) is 0 Å². The van der Waals surface area contributed by atoms with Crippen LogP contribution in [0.5, 0.6) is 0 Å². The molecule has 39 nitrogen and oxygen atoms in total. The Balaban J connectivity index is 0.874. The number of hydrogen-bond donors (Lipinski definition) is 7. The van der Waals surface area contributed by atoms with Gasteiger partial charge in [-0.2, -0.15) is 4.98 Å². The normalized spacial score (nSPS) is 12.4. The second kappa shape index (κ2) is 38.8. The molecule has 1 atom stereocenters. The van der Waals surface area contributed by atoms with Crippen molar-refractivity contribution in [2.45, 2.75) is 123 Å². The number of aromatic nitrogens is 12. The van der Waals surface area contributed by atoms with Crippen molar-refractivity contribution < 1.29 is 81.2 Å². The van der Waals surface area contributed by atoms with Crippen molar-refractivity contribution in [2.75, 3.05) is 75.4 Å². The largest absolute Gasteiger partial charge is 0.468 e. The Morgan fingerprint density at radius 3 is 1.50 bits per heavy atom. The molecule has 0 spiro atoms. The summed E-state index contributed by atoms with van der Waals surface area (Å²) in [4.78, 5) is 204. The highest BCUT2D eigenvalue weighted by atomic mass is 16.6. The van der Waals surface area contributed by atoms with Crippen molar-refractivity contribution in [1.82, 2.24) is 89.2 Å². The lowest BCUT2D eigenvalue weighted by atomic mass is 9.98. The Kier molecular flexibility index (Phi) is 28.0. The number of amides is 9. The number of nitrogens with zero attached hydrogens (tertiary/aromatic N) is 14. The Labute approximate surface area is 632 Å². The number of hydrogen-bond acceptors (Lipinski definition) is 26. The Hall–Kier alpha value is -13.5. The molecule has 0 aliphatic heterocycles. The van der Waals surface area contributed by atoms with Gasteiger partial charge in [0.25, 0.3) is 5.56 Å². The lowest BCUT2D eigenvalue weighted by molar-refractivity contribution is -0.151. The van der Waals surface area contributed by atoms with Gasteiger partial charge in [-0.05, 0) is 69.6 Å². The van der Waals surface area contributed by atoms with Crippen LogP contribution in [0.15, 0.2) is 127 Å². The maximum atomic E-state index is 14.9. The Morgan fingerprint density at radius 2 is 1.00 bits per heavy atom. The molecule has 1 fully saturated rings. The van der Waals surface area contributed by atoms with Gasteiger partial charge in [0.05, 0.1) is 39.2 Å². The molecule has 6 aromatic heterocycles. The molecule has 7 N–H and O–H groups in total. The number of ether oxygens (including phenoxy) is 6. The first-order valence-electron chi connectivity index (χ1n) is 35.3. The number of aromatic amines is 1. The zero-order valence-corrected chi connectivity index (χ0v) is 61.2. The van der Waals surface area contributed by atoms with Gasteiger partial charge in [-0.15, -0.1) is 0 Å². The minimum Gasteiger partial charge on any atom is -0.468 e. The van der Waals surface area contributed by atoms with Crippen molar-refractivity contribution in [2.24, 2.45) is 0 Å². The number of methoxy groups -OCH3 is 1. The summed E-state index contributed by atoms with van der Waals surface area (Å²) in [6.45, 7) is -0.725. The first kappa shape index (κ1) is 80.0. The third kappa shape index (κ3) is 24.2. The molecule has 0 bridgehead atoms. The number of nitrogens with one attached hydrogen (secondary N) is 7. The predicted molar refractivity (Wildman–Crippen MR) is 393 cm³/mol. The number of esters is 2. The highest BCUT2D eigenvalue weighted by Crippen LogP contribution is 2.23. The van der Waals surface area contributed by atoms with E-state index in [1.54, 1.807) is 99.6 Å². The van der Waals surface area contributed by atoms with Gasteiger partial charge in [0.15, 0.2) is 45.1 Å². The molecular weight excluding hydrogens is 1450 g/mol. The van der Waals surface area contributed by atoms with Crippen LogP contribution < -0.4 is 37.5 Å². The van der Waals surface area contributed by atoms with Gasteiger partial charge in [-0.25, -0.2) is 54.1 Å². The van der Waals surface area contributed by atoms with E-state index in [1.165, 1.54) is 26.4 Å². The fraction of sp³-hybridized carbons (Fsp3) is 0.389. The van der Waals surface area contributed by atoms with Crippen molar-refractivity contribution in [3.63, 3.8) is 0 Å². The maximum absolute atomic E-state index is 14.9. The molecule has 1 aliphatic carbocycles. The second-order valence-electron chi connectivity index (χ2n) is 26.4. The Morgan fingerprint density at radius 1 is 0.532 bits per heavy atom. The summed E-state index contributed by atoms with van der Waals surface area (Å²) in [5.41, 5.74) is 0.393. The van der Waals surface area contributed by atoms with Gasteiger partial charge in [0, 0.05) is 45.2 Å². The minimum atomic E-state index is -1.19. The fourth-order valence-corrected chi connectivity index (χ4v) is 11.5. The monoisotopic (exact) mass is 1530 g/mol. The number of carbonyl (C=O) groups excluding carboxylic acids is 11. The molecule has 9 aromatic rings. The average molecular weight is 1530 g/mol. The molecule has 1 aliphatic rings. The summed E-state index contributed by atoms with van der Waals surface area (Å²) in [5, 5.41) is 15.6. The lowest BCUT2D eigenvalue weighted by Gasteiger charge is -2.29. The molecule has 3 aromatic carbocycles. The van der Waals surface area contributed by atoms with Crippen LogP contribution in [-0.4, -0.2) is 216 Å². The molecule has 584 valence electrons. The van der Waals surface area contributed by atoms with Gasteiger partial charge in [0.2, 0.25) is 35.5 Å². The van der Waals surface area contributed by atoms with E-state index in [-0.39, 0.29) is 109 Å². The summed E-state index contributed by atoms with van der Waals surface area (Å²) in [6.07, 6.45) is 5.54. The number of H-pyrrole nitrogens is 1. The Bertz CT molecular complexity index is 4830. The van der Waals surface area contributed by atoms with Crippen molar-refractivity contribution >= 4 is 117 Å². The topological polar surface area (TPSA) is 476 Å². The van der Waals surface area contributed by atoms with E-state index < -0.39 is 135 Å². The highest BCUT2D eigenvalue weighted by molar-refractivity contribution is 5.95. The third-order valence-electron chi connectivity index (χ3n) is 16.9. The van der Waals surface area contributed by atoms with Crippen LogP contribution in [0.3, 0.4) is 0 Å². The van der Waals surface area contributed by atoms with Crippen molar-refractivity contribution in [3.05, 3.63) is 150 Å². The van der Waals surface area contributed by atoms with Crippen molar-refractivity contribution in [3.8, 4) is 0 Å². The van der Waals surface area contributed by atoms with Gasteiger partial charge in [-0.3, -0.25) is 59.3 Å². The van der Waals surface area contributed by atoms with Crippen LogP contribution in [-0.2, 0) is 101 Å². The first-order valence-corrected chi connectivity index (χ1v) is 35.3. The highest BCUT2D eigenvalue weighted by Gasteiger charge is 2.30. The van der Waals surface area contributed by atoms with Crippen LogP contribution in [0.25, 0.3) is 33.5 Å². The summed E-state index contributed by atoms with van der Waals surface area (Å²) >= 11 is 0. The molecular formula is C72H83N21O18. The summed E-state index contributed by atoms with van der Waals surface area (Å²) in [6, 6.07) is 25.5. The summed E-state index contributed by atoms with van der Waals surface area (Å²) in [7, 11) is 1.09. The first-order chi connectivity index (χ1) is 53.5. The zero-order chi connectivity index (χ0) is 78.8. The summed E-state index contributed by atoms with van der Waals surface area (Å²) < 4.78 is 36.1. The van der Waals surface area contributed by atoms with Crippen LogP contribution in [0, 0.1) is 0 Å². The average Bonchev–Trinajstić information content (AvgIpc) is 1.68. The number of anilines is 3. The number of fused-ring (bicyclic) bond motifs is 3. The molecule has 39 heteroatoms. The van der Waals surface area contributed by atoms with E-state index >= 15 is 0 Å². The number of imidazole rings is 3. The molecule has 0 unspecified atom stereocenters. The fourth-order valence-electron chi connectivity index (χ4n) is 11.5. The lowest BCUT2D eigenvalue weighted by Crippen LogP contribution is -2.52. The zero-order valence-electron chi connectivity index (χ0n) is 61.2. The van der Waals surface area contributed by atoms with E-state index in [0.29, 0.717) is 24.0 Å². The molecule has 9 amide bonds. The molecule has 111 heavy (non-hydrogen) atoms. The van der Waals surface area contributed by atoms with Gasteiger partial charge < -0.3 is 72.8 Å². The van der Waals surface area contributed by atoms with Gasteiger partial charge in [0.1, 0.15) is 70.4 Å².